The summed E-state index contributed by atoms with van der Waals surface area (Å²) in [7, 11) is 1.75. The highest BCUT2D eigenvalue weighted by Gasteiger charge is 2.09. The van der Waals surface area contributed by atoms with Crippen molar-refractivity contribution in [1.29, 1.82) is 0 Å². The maximum Gasteiger partial charge on any atom is 0.221 e. The van der Waals surface area contributed by atoms with Crippen LogP contribution in [0.25, 0.3) is 0 Å². The monoisotopic (exact) mass is 466 g/mol. The van der Waals surface area contributed by atoms with Gasteiger partial charge in [-0.05, 0) is 39.3 Å². The smallest absolute Gasteiger partial charge is 0.221 e. The van der Waals surface area contributed by atoms with E-state index in [1.807, 2.05) is 18.3 Å². The Morgan fingerprint density at radius 2 is 1.96 bits per heavy atom. The van der Waals surface area contributed by atoms with Gasteiger partial charge < -0.3 is 16.0 Å². The second-order valence-electron chi connectivity index (χ2n) is 5.89. The molecule has 5 nitrogen and oxygen atoms in total. The van der Waals surface area contributed by atoms with Crippen molar-refractivity contribution >= 4 is 47.2 Å². The Morgan fingerprint density at radius 3 is 2.50 bits per heavy atom. The van der Waals surface area contributed by atoms with Gasteiger partial charge in [0.1, 0.15) is 0 Å². The number of aryl methyl sites for hydroxylation is 1. The van der Waals surface area contributed by atoms with E-state index in [4.69, 9.17) is 0 Å². The van der Waals surface area contributed by atoms with Crippen molar-refractivity contribution in [1.82, 2.24) is 16.0 Å². The first-order valence-electron chi connectivity index (χ1n) is 8.26. The number of carbonyl (C=O) groups is 1. The Balaban J connectivity index is 0.00000529. The molecule has 7 heteroatoms. The maximum atomic E-state index is 11.7. The van der Waals surface area contributed by atoms with E-state index < -0.39 is 0 Å². The predicted molar refractivity (Wildman–Crippen MR) is 115 cm³/mol. The number of hydrogen-bond donors (Lipinski definition) is 3. The molecular weight excluding hydrogens is 435 g/mol. The number of carbonyl (C=O) groups excluding carboxylic acids is 1. The number of nitrogens with zero attached hydrogens (tertiary/aromatic N) is 1. The predicted octanol–water partition coefficient (Wildman–Crippen LogP) is 3.08. The summed E-state index contributed by atoms with van der Waals surface area (Å²) in [6.07, 6.45) is 2.36. The van der Waals surface area contributed by atoms with Crippen molar-refractivity contribution in [2.75, 3.05) is 13.6 Å². The van der Waals surface area contributed by atoms with Crippen LogP contribution in [0.5, 0.6) is 0 Å². The van der Waals surface area contributed by atoms with Gasteiger partial charge >= 0.3 is 0 Å². The van der Waals surface area contributed by atoms with Crippen LogP contribution in [-0.4, -0.2) is 37.5 Å². The summed E-state index contributed by atoms with van der Waals surface area (Å²) in [6, 6.07) is 4.84. The van der Waals surface area contributed by atoms with E-state index in [9.17, 15) is 4.79 Å². The highest BCUT2D eigenvalue weighted by Crippen LogP contribution is 2.16. The summed E-state index contributed by atoms with van der Waals surface area (Å²) >= 11 is 1.83. The fourth-order valence-electron chi connectivity index (χ4n) is 2.12. The quantitative estimate of drug-likeness (QED) is 0.314. The van der Waals surface area contributed by atoms with Crippen molar-refractivity contribution in [3.8, 4) is 0 Å². The number of amides is 1. The lowest BCUT2D eigenvalue weighted by atomic mass is 10.2. The third-order valence-electron chi connectivity index (χ3n) is 3.57. The Bertz CT molecular complexity index is 518. The van der Waals surface area contributed by atoms with Gasteiger partial charge in [-0.25, -0.2) is 0 Å². The van der Waals surface area contributed by atoms with E-state index in [-0.39, 0.29) is 42.0 Å². The molecule has 0 fully saturated rings. The van der Waals surface area contributed by atoms with E-state index in [0.717, 1.165) is 18.8 Å². The fourth-order valence-corrected chi connectivity index (χ4v) is 3.14. The van der Waals surface area contributed by atoms with Crippen LogP contribution < -0.4 is 16.0 Å². The van der Waals surface area contributed by atoms with E-state index >= 15 is 0 Å². The molecule has 24 heavy (non-hydrogen) atoms. The van der Waals surface area contributed by atoms with Crippen LogP contribution in [0.2, 0.25) is 0 Å². The molecule has 0 saturated heterocycles. The molecule has 1 amide bonds. The molecule has 2 unspecified atom stereocenters. The molecule has 0 radical (unpaired) electrons. The van der Waals surface area contributed by atoms with Crippen molar-refractivity contribution in [3.63, 3.8) is 0 Å². The van der Waals surface area contributed by atoms with Crippen LogP contribution in [0.1, 0.15) is 43.4 Å². The number of aliphatic imine (C=N–C) groups is 1. The van der Waals surface area contributed by atoms with Gasteiger partial charge in [-0.15, -0.1) is 35.3 Å². The summed E-state index contributed by atoms with van der Waals surface area (Å²) in [4.78, 5) is 18.7. The summed E-state index contributed by atoms with van der Waals surface area (Å²) in [5.74, 6) is 0.812. The second-order valence-corrected chi connectivity index (χ2v) is 7.26. The van der Waals surface area contributed by atoms with Crippen LogP contribution in [0.4, 0.5) is 0 Å². The number of guanidine groups is 1. The lowest BCUT2D eigenvalue weighted by Crippen LogP contribution is -2.44. The molecule has 0 aliphatic rings. The molecule has 1 aromatic heterocycles. The molecule has 2 atom stereocenters. The maximum absolute atomic E-state index is 11.7. The van der Waals surface area contributed by atoms with E-state index in [1.165, 1.54) is 9.75 Å². The molecule has 0 aliphatic heterocycles. The Hall–Kier alpha value is -0.830. The minimum absolute atomic E-state index is 0. The summed E-state index contributed by atoms with van der Waals surface area (Å²) in [5.41, 5.74) is 0. The SMILES string of the molecule is CCC(C)NC(=O)CCNC(=NC)NC(C)Cc1ccc(C)s1.I. The van der Waals surface area contributed by atoms with E-state index in [1.54, 1.807) is 7.05 Å². The standard InChI is InChI=1S/C17H30N4OS.HI/c1-6-12(2)20-16(22)9-10-19-17(18-5)21-13(3)11-15-8-7-14(4)23-15;/h7-8,12-13H,6,9-11H2,1-5H3,(H,20,22)(H2,18,19,21);1H. The third-order valence-corrected chi connectivity index (χ3v) is 4.60. The molecule has 0 saturated carbocycles. The number of hydrogen-bond acceptors (Lipinski definition) is 3. The minimum atomic E-state index is 0. The zero-order valence-electron chi connectivity index (χ0n) is 15.3. The van der Waals surface area contributed by atoms with Gasteiger partial charge in [-0.3, -0.25) is 9.79 Å². The highest BCUT2D eigenvalue weighted by molar-refractivity contribution is 14.0. The first-order chi connectivity index (χ1) is 10.9. The van der Waals surface area contributed by atoms with Crippen LogP contribution in [-0.2, 0) is 11.2 Å². The van der Waals surface area contributed by atoms with Gasteiger partial charge in [0.2, 0.25) is 5.91 Å². The van der Waals surface area contributed by atoms with Gasteiger partial charge in [0.25, 0.3) is 0 Å². The van der Waals surface area contributed by atoms with Gasteiger partial charge in [0, 0.05) is 48.3 Å². The molecular formula is C17H31IN4OS. The molecule has 3 N–H and O–H groups in total. The lowest BCUT2D eigenvalue weighted by Gasteiger charge is -2.17. The normalized spacial score (nSPS) is 13.6. The van der Waals surface area contributed by atoms with Crippen molar-refractivity contribution < 1.29 is 4.79 Å². The topological polar surface area (TPSA) is 65.5 Å². The largest absolute Gasteiger partial charge is 0.356 e. The van der Waals surface area contributed by atoms with E-state index in [2.05, 4.69) is 53.8 Å². The molecule has 1 aromatic rings. The minimum Gasteiger partial charge on any atom is -0.356 e. The van der Waals surface area contributed by atoms with Crippen LogP contribution >= 0.6 is 35.3 Å². The van der Waals surface area contributed by atoms with Crippen LogP contribution in [0, 0.1) is 6.92 Å². The molecule has 138 valence electrons. The number of nitrogens with one attached hydrogen (secondary N) is 3. The zero-order valence-corrected chi connectivity index (χ0v) is 18.5. The van der Waals surface area contributed by atoms with Crippen LogP contribution in [0.15, 0.2) is 17.1 Å². The van der Waals surface area contributed by atoms with Crippen molar-refractivity contribution in [3.05, 3.63) is 21.9 Å². The number of rotatable bonds is 8. The first-order valence-corrected chi connectivity index (χ1v) is 9.08. The fraction of sp³-hybridized carbons (Fsp3) is 0.647. The Labute approximate surface area is 167 Å². The number of thiophene rings is 1. The van der Waals surface area contributed by atoms with E-state index in [0.29, 0.717) is 13.0 Å². The highest BCUT2D eigenvalue weighted by atomic mass is 127. The van der Waals surface area contributed by atoms with Gasteiger partial charge in [-0.2, -0.15) is 0 Å². The molecule has 0 aliphatic carbocycles. The van der Waals surface area contributed by atoms with Crippen molar-refractivity contribution in [2.45, 2.75) is 59.0 Å². The first kappa shape index (κ1) is 23.2. The summed E-state index contributed by atoms with van der Waals surface area (Å²) < 4.78 is 0. The lowest BCUT2D eigenvalue weighted by molar-refractivity contribution is -0.121. The average Bonchev–Trinajstić information content (AvgIpc) is 2.90. The van der Waals surface area contributed by atoms with Crippen LogP contribution in [0.3, 0.4) is 0 Å². The molecule has 1 rings (SSSR count). The average molecular weight is 466 g/mol. The molecule has 0 spiro atoms. The van der Waals surface area contributed by atoms with Gasteiger partial charge in [-0.1, -0.05) is 6.92 Å². The van der Waals surface area contributed by atoms with Gasteiger partial charge in [0.15, 0.2) is 5.96 Å². The third kappa shape index (κ3) is 9.46. The molecule has 1 heterocycles. The molecule has 0 aromatic carbocycles. The van der Waals surface area contributed by atoms with Gasteiger partial charge in [0.05, 0.1) is 0 Å². The van der Waals surface area contributed by atoms with Crippen molar-refractivity contribution in [2.24, 2.45) is 4.99 Å². The zero-order chi connectivity index (χ0) is 17.2. The summed E-state index contributed by atoms with van der Waals surface area (Å²) in [5, 5.41) is 9.52. The Kier molecular flexibility index (Phi) is 12.1. The second kappa shape index (κ2) is 12.5. The molecule has 0 bridgehead atoms. The summed E-state index contributed by atoms with van der Waals surface area (Å²) in [6.45, 7) is 8.91. The number of halogens is 1. The Morgan fingerprint density at radius 1 is 1.25 bits per heavy atom.